The molecule has 3 aromatic rings. The highest BCUT2D eigenvalue weighted by atomic mass is 19.1. The molecule has 0 fully saturated rings. The van der Waals surface area contributed by atoms with Crippen molar-refractivity contribution in [2.45, 2.75) is 0 Å². The van der Waals surface area contributed by atoms with Crippen LogP contribution in [0, 0.1) is 5.82 Å². The average molecular weight is 338 g/mol. The van der Waals surface area contributed by atoms with Gasteiger partial charge in [0.2, 0.25) is 12.5 Å². The molecule has 0 bridgehead atoms. The summed E-state index contributed by atoms with van der Waals surface area (Å²) in [5.41, 5.74) is 2.46. The molecule has 0 amide bonds. The summed E-state index contributed by atoms with van der Waals surface area (Å²) in [7, 11) is 1.59. The van der Waals surface area contributed by atoms with Crippen LogP contribution < -0.4 is 19.5 Å². The Morgan fingerprint density at radius 2 is 2.00 bits per heavy atom. The fraction of sp³-hybridized carbons (Fsp3) is 0.105. The standard InChI is InChI=1S/C19H15FN2O3/c1-23-16-7-13(8-17-19(16)25-11-24-17)12-5-6-21-18(9-12)22-15-4-2-3-14(20)10-15/h2-10H,11H2,1H3,(H,21,22). The zero-order valence-corrected chi connectivity index (χ0v) is 13.5. The Bertz CT molecular complexity index is 930. The van der Waals surface area contributed by atoms with E-state index in [9.17, 15) is 4.39 Å². The van der Waals surface area contributed by atoms with E-state index >= 15 is 0 Å². The molecular formula is C19H15FN2O3. The Balaban J connectivity index is 1.68. The minimum Gasteiger partial charge on any atom is -0.493 e. The van der Waals surface area contributed by atoms with Gasteiger partial charge in [-0.15, -0.1) is 0 Å². The molecule has 2 heterocycles. The molecule has 0 aliphatic carbocycles. The van der Waals surface area contributed by atoms with Gasteiger partial charge in [0.15, 0.2) is 11.5 Å². The number of hydrogen-bond acceptors (Lipinski definition) is 5. The van der Waals surface area contributed by atoms with Crippen LogP contribution in [-0.2, 0) is 0 Å². The van der Waals surface area contributed by atoms with Crippen molar-refractivity contribution >= 4 is 11.5 Å². The fourth-order valence-electron chi connectivity index (χ4n) is 2.69. The summed E-state index contributed by atoms with van der Waals surface area (Å²) in [6.07, 6.45) is 1.69. The first-order chi connectivity index (χ1) is 12.2. The number of ether oxygens (including phenoxy) is 3. The van der Waals surface area contributed by atoms with Gasteiger partial charge in [-0.05, 0) is 53.6 Å². The molecule has 2 aromatic carbocycles. The van der Waals surface area contributed by atoms with Gasteiger partial charge < -0.3 is 19.5 Å². The van der Waals surface area contributed by atoms with Crippen molar-refractivity contribution in [2.75, 3.05) is 19.2 Å². The molecule has 1 aliphatic heterocycles. The number of pyridine rings is 1. The summed E-state index contributed by atoms with van der Waals surface area (Å²) in [6, 6.07) is 13.8. The summed E-state index contributed by atoms with van der Waals surface area (Å²) >= 11 is 0. The van der Waals surface area contributed by atoms with E-state index in [1.54, 1.807) is 25.4 Å². The van der Waals surface area contributed by atoms with E-state index in [1.165, 1.54) is 12.1 Å². The van der Waals surface area contributed by atoms with Crippen LogP contribution in [0.4, 0.5) is 15.9 Å². The van der Waals surface area contributed by atoms with Gasteiger partial charge >= 0.3 is 0 Å². The molecule has 1 aromatic heterocycles. The highest BCUT2D eigenvalue weighted by Gasteiger charge is 2.20. The van der Waals surface area contributed by atoms with E-state index in [1.807, 2.05) is 24.3 Å². The predicted octanol–water partition coefficient (Wildman–Crippen LogP) is 4.37. The average Bonchev–Trinajstić information content (AvgIpc) is 3.10. The summed E-state index contributed by atoms with van der Waals surface area (Å²) < 4.78 is 29.6. The summed E-state index contributed by atoms with van der Waals surface area (Å²) in [4.78, 5) is 4.28. The molecule has 5 nitrogen and oxygen atoms in total. The molecule has 0 radical (unpaired) electrons. The number of nitrogens with one attached hydrogen (secondary N) is 1. The van der Waals surface area contributed by atoms with Gasteiger partial charge in [-0.2, -0.15) is 0 Å². The van der Waals surface area contributed by atoms with Crippen molar-refractivity contribution in [2.24, 2.45) is 0 Å². The summed E-state index contributed by atoms with van der Waals surface area (Å²) in [6.45, 7) is 0.178. The quantitative estimate of drug-likeness (QED) is 0.765. The van der Waals surface area contributed by atoms with Crippen molar-refractivity contribution in [1.82, 2.24) is 4.98 Å². The number of nitrogens with zero attached hydrogens (tertiary/aromatic N) is 1. The van der Waals surface area contributed by atoms with Gasteiger partial charge in [-0.1, -0.05) is 6.07 Å². The van der Waals surface area contributed by atoms with E-state index in [2.05, 4.69) is 10.3 Å². The highest BCUT2D eigenvalue weighted by molar-refractivity contribution is 5.73. The summed E-state index contributed by atoms with van der Waals surface area (Å²) in [5.74, 6) is 2.17. The number of benzene rings is 2. The van der Waals surface area contributed by atoms with Crippen LogP contribution in [0.2, 0.25) is 0 Å². The second kappa shape index (κ2) is 6.32. The monoisotopic (exact) mass is 338 g/mol. The molecular weight excluding hydrogens is 323 g/mol. The maximum absolute atomic E-state index is 13.3. The van der Waals surface area contributed by atoms with Gasteiger partial charge in [0.05, 0.1) is 7.11 Å². The fourth-order valence-corrected chi connectivity index (χ4v) is 2.69. The van der Waals surface area contributed by atoms with Crippen molar-refractivity contribution in [1.29, 1.82) is 0 Å². The number of methoxy groups -OCH3 is 1. The lowest BCUT2D eigenvalue weighted by Crippen LogP contribution is -1.94. The lowest BCUT2D eigenvalue weighted by Gasteiger charge is -2.10. The molecule has 0 atom stereocenters. The lowest BCUT2D eigenvalue weighted by atomic mass is 10.1. The van der Waals surface area contributed by atoms with E-state index in [0.717, 1.165) is 11.1 Å². The Morgan fingerprint density at radius 3 is 2.84 bits per heavy atom. The SMILES string of the molecule is COc1cc(-c2ccnc(Nc3cccc(F)c3)c2)cc2c1OCO2. The van der Waals surface area contributed by atoms with Crippen LogP contribution in [0.5, 0.6) is 17.2 Å². The van der Waals surface area contributed by atoms with Crippen molar-refractivity contribution in [3.8, 4) is 28.4 Å². The van der Waals surface area contributed by atoms with Gasteiger partial charge in [-0.3, -0.25) is 0 Å². The molecule has 126 valence electrons. The number of hydrogen-bond donors (Lipinski definition) is 1. The molecule has 0 saturated carbocycles. The second-order valence-electron chi connectivity index (χ2n) is 5.48. The van der Waals surface area contributed by atoms with E-state index in [4.69, 9.17) is 14.2 Å². The maximum Gasteiger partial charge on any atom is 0.231 e. The number of aromatic nitrogens is 1. The third kappa shape index (κ3) is 3.06. The Hall–Kier alpha value is -3.28. The molecule has 0 spiro atoms. The minimum absolute atomic E-state index is 0.178. The first-order valence-corrected chi connectivity index (χ1v) is 7.69. The van der Waals surface area contributed by atoms with Crippen LogP contribution in [0.3, 0.4) is 0 Å². The minimum atomic E-state index is -0.304. The number of halogens is 1. The number of rotatable bonds is 4. The number of anilines is 2. The maximum atomic E-state index is 13.3. The lowest BCUT2D eigenvalue weighted by molar-refractivity contribution is 0.171. The zero-order valence-electron chi connectivity index (χ0n) is 13.5. The van der Waals surface area contributed by atoms with Crippen molar-refractivity contribution < 1.29 is 18.6 Å². The second-order valence-corrected chi connectivity index (χ2v) is 5.48. The van der Waals surface area contributed by atoms with E-state index in [0.29, 0.717) is 28.8 Å². The zero-order chi connectivity index (χ0) is 17.2. The van der Waals surface area contributed by atoms with Crippen molar-refractivity contribution in [3.63, 3.8) is 0 Å². The largest absolute Gasteiger partial charge is 0.493 e. The van der Waals surface area contributed by atoms with Crippen LogP contribution in [0.15, 0.2) is 54.7 Å². The topological polar surface area (TPSA) is 52.6 Å². The first kappa shape index (κ1) is 15.3. The van der Waals surface area contributed by atoms with Crippen molar-refractivity contribution in [3.05, 3.63) is 60.5 Å². The third-order valence-electron chi connectivity index (χ3n) is 3.85. The predicted molar refractivity (Wildman–Crippen MR) is 92.0 cm³/mol. The Morgan fingerprint density at radius 1 is 1.08 bits per heavy atom. The molecule has 0 unspecified atom stereocenters. The molecule has 6 heteroatoms. The molecule has 1 aliphatic rings. The van der Waals surface area contributed by atoms with Crippen LogP contribution in [-0.4, -0.2) is 18.9 Å². The van der Waals surface area contributed by atoms with Gasteiger partial charge in [0.25, 0.3) is 0 Å². The molecule has 1 N–H and O–H groups in total. The van der Waals surface area contributed by atoms with Gasteiger partial charge in [0.1, 0.15) is 11.6 Å². The van der Waals surface area contributed by atoms with Gasteiger partial charge in [-0.25, -0.2) is 9.37 Å². The Kier molecular flexibility index (Phi) is 3.85. The molecule has 25 heavy (non-hydrogen) atoms. The third-order valence-corrected chi connectivity index (χ3v) is 3.85. The Labute approximate surface area is 144 Å². The first-order valence-electron chi connectivity index (χ1n) is 7.69. The van der Waals surface area contributed by atoms with E-state index < -0.39 is 0 Å². The smallest absolute Gasteiger partial charge is 0.231 e. The molecule has 0 saturated heterocycles. The van der Waals surface area contributed by atoms with Crippen LogP contribution in [0.1, 0.15) is 0 Å². The number of fused-ring (bicyclic) bond motifs is 1. The van der Waals surface area contributed by atoms with E-state index in [-0.39, 0.29) is 12.6 Å². The highest BCUT2D eigenvalue weighted by Crippen LogP contribution is 2.44. The normalized spacial score (nSPS) is 12.1. The van der Waals surface area contributed by atoms with Crippen LogP contribution >= 0.6 is 0 Å². The van der Waals surface area contributed by atoms with Gasteiger partial charge in [0, 0.05) is 11.9 Å². The summed E-state index contributed by atoms with van der Waals surface area (Å²) in [5, 5.41) is 3.10. The molecule has 4 rings (SSSR count). The van der Waals surface area contributed by atoms with Crippen LogP contribution in [0.25, 0.3) is 11.1 Å².